The van der Waals surface area contributed by atoms with E-state index < -0.39 is 5.60 Å². The maximum absolute atomic E-state index is 11.6. The van der Waals surface area contributed by atoms with Gasteiger partial charge in [0.15, 0.2) is 0 Å². The van der Waals surface area contributed by atoms with Crippen LogP contribution in [0.1, 0.15) is 25.7 Å². The zero-order valence-electron chi connectivity index (χ0n) is 8.46. The summed E-state index contributed by atoms with van der Waals surface area (Å²) in [5, 5.41) is 13.2. The molecule has 0 aromatic heterocycles. The highest BCUT2D eigenvalue weighted by molar-refractivity contribution is 5.78. The van der Waals surface area contributed by atoms with Gasteiger partial charge in [-0.25, -0.2) is 0 Å². The van der Waals surface area contributed by atoms with E-state index in [0.29, 0.717) is 13.0 Å². The normalized spacial score (nSPS) is 32.5. The smallest absolute Gasteiger partial charge is 0.225 e. The Kier molecular flexibility index (Phi) is 2.74. The Labute approximate surface area is 84.3 Å². The Bertz CT molecular complexity index is 220. The lowest BCUT2D eigenvalue weighted by molar-refractivity contribution is -0.140. The highest BCUT2D eigenvalue weighted by Gasteiger charge is 2.34. The number of β-amino-alcohol motifs (C(OH)–C–C–N with tert-alkyl or cyclic N) is 1. The molecule has 0 radical (unpaired) electrons. The number of carbonyl (C=O) groups excluding carboxylic acids is 1. The van der Waals surface area contributed by atoms with Crippen LogP contribution in [-0.4, -0.2) is 47.7 Å². The number of rotatable bonds is 2. The van der Waals surface area contributed by atoms with E-state index in [4.69, 9.17) is 0 Å². The van der Waals surface area contributed by atoms with E-state index in [0.717, 1.165) is 38.9 Å². The van der Waals surface area contributed by atoms with Gasteiger partial charge in [-0.3, -0.25) is 4.79 Å². The lowest BCUT2D eigenvalue weighted by atomic mass is 9.90. The van der Waals surface area contributed by atoms with Crippen LogP contribution in [0, 0.1) is 0 Å². The molecular formula is C10H18N2O2. The molecule has 4 heteroatoms. The Morgan fingerprint density at radius 1 is 1.43 bits per heavy atom. The standard InChI is InChI=1S/C10H18N2O2/c13-9(12-5-2-6-12)7-10(14)3-1-4-11-8-10/h11,14H,1-8H2. The SMILES string of the molecule is O=C(CC1(O)CCCNC1)N1CCC1. The first-order chi connectivity index (χ1) is 6.70. The highest BCUT2D eigenvalue weighted by Crippen LogP contribution is 2.22. The lowest BCUT2D eigenvalue weighted by Gasteiger charge is -2.37. The van der Waals surface area contributed by atoms with E-state index in [1.54, 1.807) is 0 Å². The number of aliphatic hydroxyl groups is 1. The third-order valence-corrected chi connectivity index (χ3v) is 3.14. The Hall–Kier alpha value is -0.610. The maximum Gasteiger partial charge on any atom is 0.225 e. The fraction of sp³-hybridized carbons (Fsp3) is 0.900. The van der Waals surface area contributed by atoms with Crippen LogP contribution in [0.4, 0.5) is 0 Å². The molecule has 14 heavy (non-hydrogen) atoms. The van der Waals surface area contributed by atoms with Gasteiger partial charge in [-0.05, 0) is 25.8 Å². The molecule has 0 aliphatic carbocycles. The molecule has 2 N–H and O–H groups in total. The van der Waals surface area contributed by atoms with Gasteiger partial charge in [-0.2, -0.15) is 0 Å². The minimum atomic E-state index is -0.787. The van der Waals surface area contributed by atoms with Gasteiger partial charge in [0.05, 0.1) is 12.0 Å². The second kappa shape index (κ2) is 3.87. The van der Waals surface area contributed by atoms with Gasteiger partial charge in [0.2, 0.25) is 5.91 Å². The summed E-state index contributed by atoms with van der Waals surface area (Å²) in [7, 11) is 0. The van der Waals surface area contributed by atoms with Crippen LogP contribution < -0.4 is 5.32 Å². The average Bonchev–Trinajstić information content (AvgIpc) is 2.00. The van der Waals surface area contributed by atoms with Gasteiger partial charge in [-0.1, -0.05) is 0 Å². The number of likely N-dealkylation sites (tertiary alicyclic amines) is 1. The Morgan fingerprint density at radius 3 is 2.71 bits per heavy atom. The molecule has 0 saturated carbocycles. The molecule has 1 unspecified atom stereocenters. The van der Waals surface area contributed by atoms with E-state index in [1.165, 1.54) is 0 Å². The molecule has 2 aliphatic heterocycles. The van der Waals surface area contributed by atoms with Crippen molar-refractivity contribution < 1.29 is 9.90 Å². The molecule has 2 rings (SSSR count). The minimum Gasteiger partial charge on any atom is -0.388 e. The quantitative estimate of drug-likeness (QED) is 0.642. The number of hydrogen-bond acceptors (Lipinski definition) is 3. The summed E-state index contributed by atoms with van der Waals surface area (Å²) >= 11 is 0. The summed E-state index contributed by atoms with van der Waals surface area (Å²) in [6.07, 6.45) is 3.12. The van der Waals surface area contributed by atoms with Crippen molar-refractivity contribution in [1.82, 2.24) is 10.2 Å². The van der Waals surface area contributed by atoms with Crippen molar-refractivity contribution >= 4 is 5.91 Å². The van der Waals surface area contributed by atoms with E-state index >= 15 is 0 Å². The van der Waals surface area contributed by atoms with Crippen LogP contribution in [0.2, 0.25) is 0 Å². The van der Waals surface area contributed by atoms with Crippen molar-refractivity contribution in [3.8, 4) is 0 Å². The molecule has 0 spiro atoms. The van der Waals surface area contributed by atoms with E-state index in [-0.39, 0.29) is 5.91 Å². The fourth-order valence-corrected chi connectivity index (χ4v) is 2.06. The van der Waals surface area contributed by atoms with Crippen LogP contribution in [0.15, 0.2) is 0 Å². The zero-order chi connectivity index (χ0) is 10.0. The Balaban J connectivity index is 1.84. The van der Waals surface area contributed by atoms with Crippen molar-refractivity contribution in [1.29, 1.82) is 0 Å². The molecule has 80 valence electrons. The topological polar surface area (TPSA) is 52.6 Å². The minimum absolute atomic E-state index is 0.113. The number of nitrogens with zero attached hydrogens (tertiary/aromatic N) is 1. The molecule has 2 heterocycles. The number of hydrogen-bond donors (Lipinski definition) is 2. The van der Waals surface area contributed by atoms with Crippen LogP contribution in [0.3, 0.4) is 0 Å². The van der Waals surface area contributed by atoms with Gasteiger partial charge < -0.3 is 15.3 Å². The van der Waals surface area contributed by atoms with Crippen molar-refractivity contribution in [2.45, 2.75) is 31.3 Å². The molecule has 0 aromatic rings. The summed E-state index contributed by atoms with van der Waals surface area (Å²) in [6.45, 7) is 3.28. The first kappa shape index (κ1) is 9.93. The average molecular weight is 198 g/mol. The molecular weight excluding hydrogens is 180 g/mol. The largest absolute Gasteiger partial charge is 0.388 e. The molecule has 0 bridgehead atoms. The first-order valence-corrected chi connectivity index (χ1v) is 5.41. The van der Waals surface area contributed by atoms with Crippen molar-refractivity contribution in [2.24, 2.45) is 0 Å². The molecule has 0 aromatic carbocycles. The van der Waals surface area contributed by atoms with Gasteiger partial charge in [0.25, 0.3) is 0 Å². The molecule has 2 fully saturated rings. The predicted molar refractivity (Wildman–Crippen MR) is 52.9 cm³/mol. The second-order valence-corrected chi connectivity index (χ2v) is 4.42. The van der Waals surface area contributed by atoms with Crippen LogP contribution >= 0.6 is 0 Å². The number of carbonyl (C=O) groups is 1. The summed E-state index contributed by atoms with van der Waals surface area (Å²) in [5.74, 6) is 0.113. The predicted octanol–water partition coefficient (Wildman–Crippen LogP) is -0.277. The number of piperidine rings is 1. The van der Waals surface area contributed by atoms with E-state index in [9.17, 15) is 9.90 Å². The van der Waals surface area contributed by atoms with Crippen molar-refractivity contribution in [3.63, 3.8) is 0 Å². The third kappa shape index (κ3) is 2.07. The summed E-state index contributed by atoms with van der Waals surface area (Å²) in [4.78, 5) is 13.5. The monoisotopic (exact) mass is 198 g/mol. The number of nitrogens with one attached hydrogen (secondary N) is 1. The van der Waals surface area contributed by atoms with Gasteiger partial charge in [-0.15, -0.1) is 0 Å². The number of amides is 1. The summed E-state index contributed by atoms with van der Waals surface area (Å²) < 4.78 is 0. The first-order valence-electron chi connectivity index (χ1n) is 5.41. The van der Waals surface area contributed by atoms with E-state index in [2.05, 4.69) is 5.32 Å². The van der Waals surface area contributed by atoms with Crippen molar-refractivity contribution in [3.05, 3.63) is 0 Å². The van der Waals surface area contributed by atoms with Crippen molar-refractivity contribution in [2.75, 3.05) is 26.2 Å². The van der Waals surface area contributed by atoms with Gasteiger partial charge in [0.1, 0.15) is 0 Å². The van der Waals surface area contributed by atoms with E-state index in [1.807, 2.05) is 4.90 Å². The molecule has 1 atom stereocenters. The lowest BCUT2D eigenvalue weighted by Crippen LogP contribution is -2.51. The molecule has 4 nitrogen and oxygen atoms in total. The van der Waals surface area contributed by atoms with Crippen LogP contribution in [0.25, 0.3) is 0 Å². The molecule has 2 saturated heterocycles. The summed E-state index contributed by atoms with van der Waals surface area (Å²) in [6, 6.07) is 0. The van der Waals surface area contributed by atoms with Crippen LogP contribution in [0.5, 0.6) is 0 Å². The van der Waals surface area contributed by atoms with Crippen LogP contribution in [-0.2, 0) is 4.79 Å². The van der Waals surface area contributed by atoms with Gasteiger partial charge >= 0.3 is 0 Å². The zero-order valence-corrected chi connectivity index (χ0v) is 8.46. The second-order valence-electron chi connectivity index (χ2n) is 4.42. The summed E-state index contributed by atoms with van der Waals surface area (Å²) in [5.41, 5.74) is -0.787. The fourth-order valence-electron chi connectivity index (χ4n) is 2.06. The maximum atomic E-state index is 11.6. The third-order valence-electron chi connectivity index (χ3n) is 3.14. The molecule has 1 amide bonds. The Morgan fingerprint density at radius 2 is 2.21 bits per heavy atom. The highest BCUT2D eigenvalue weighted by atomic mass is 16.3. The molecule has 2 aliphatic rings. The van der Waals surface area contributed by atoms with Gasteiger partial charge in [0, 0.05) is 19.6 Å².